The lowest BCUT2D eigenvalue weighted by atomic mass is 10.1. The molecule has 1 saturated heterocycles. The molecule has 0 aromatic heterocycles. The van der Waals surface area contributed by atoms with E-state index in [0.29, 0.717) is 6.61 Å². The van der Waals surface area contributed by atoms with E-state index in [-0.39, 0.29) is 6.04 Å². The Balaban J connectivity index is 1.94. The third-order valence-corrected chi connectivity index (χ3v) is 2.24. The van der Waals surface area contributed by atoms with Gasteiger partial charge in [-0.25, -0.2) is 5.32 Å². The van der Waals surface area contributed by atoms with Gasteiger partial charge in [-0.1, -0.05) is 30.3 Å². The molecule has 0 aliphatic carbocycles. The van der Waals surface area contributed by atoms with E-state index < -0.39 is 6.03 Å². The van der Waals surface area contributed by atoms with E-state index in [1.54, 1.807) is 0 Å². The molecule has 4 N–H and O–H groups in total. The fraction of sp³-hybridized carbons (Fsp3) is 0.400. The van der Waals surface area contributed by atoms with Crippen molar-refractivity contribution in [3.05, 3.63) is 35.9 Å². The number of nitrogens with two attached hydrogens (primary N) is 1. The fourth-order valence-corrected chi connectivity index (χ4v) is 1.61. The molecule has 4 heteroatoms. The van der Waals surface area contributed by atoms with Crippen molar-refractivity contribution in [1.82, 2.24) is 5.32 Å². The van der Waals surface area contributed by atoms with Crippen LogP contribution in [0.1, 0.15) is 5.56 Å². The van der Waals surface area contributed by atoms with Crippen molar-refractivity contribution in [2.24, 2.45) is 5.73 Å². The quantitative estimate of drug-likeness (QED) is 0.569. The van der Waals surface area contributed by atoms with Crippen LogP contribution in [-0.2, 0) is 11.2 Å². The maximum absolute atomic E-state index is 9.29. The van der Waals surface area contributed by atoms with Crippen LogP contribution in [-0.4, -0.2) is 23.8 Å². The van der Waals surface area contributed by atoms with Crippen molar-refractivity contribution in [2.45, 2.75) is 18.5 Å². The first-order valence-corrected chi connectivity index (χ1v) is 4.62. The zero-order valence-electron chi connectivity index (χ0n) is 7.81. The topological polar surface area (TPSA) is 67.5 Å². The van der Waals surface area contributed by atoms with Crippen LogP contribution in [0.5, 0.6) is 0 Å². The van der Waals surface area contributed by atoms with Gasteiger partial charge in [0.05, 0.1) is 6.61 Å². The highest BCUT2D eigenvalue weighted by Crippen LogP contribution is 2.11. The predicted octanol–water partition coefficient (Wildman–Crippen LogP) is -0.220. The lowest BCUT2D eigenvalue weighted by Gasteiger charge is -2.15. The van der Waals surface area contributed by atoms with Crippen LogP contribution in [0.15, 0.2) is 30.3 Å². The van der Waals surface area contributed by atoms with Gasteiger partial charge in [-0.3, -0.25) is 5.73 Å². The molecule has 0 spiro atoms. The van der Waals surface area contributed by atoms with Crippen molar-refractivity contribution in [2.75, 3.05) is 6.61 Å². The summed E-state index contributed by atoms with van der Waals surface area (Å²) in [4.78, 5) is 0. The molecule has 0 amide bonds. The molecular formula is C10H14N2O2. The van der Waals surface area contributed by atoms with E-state index in [0.717, 1.165) is 6.42 Å². The highest BCUT2D eigenvalue weighted by molar-refractivity contribution is 5.16. The molecule has 1 aromatic carbocycles. The van der Waals surface area contributed by atoms with Crippen molar-refractivity contribution in [3.63, 3.8) is 0 Å². The Bertz CT molecular complexity index is 300. The first-order valence-electron chi connectivity index (χ1n) is 4.62. The van der Waals surface area contributed by atoms with Gasteiger partial charge < -0.3 is 9.84 Å². The smallest absolute Gasteiger partial charge is 0.287 e. The van der Waals surface area contributed by atoms with Gasteiger partial charge in [0.25, 0.3) is 6.03 Å². The number of rotatable bonds is 2. The monoisotopic (exact) mass is 194 g/mol. The number of nitrogens with one attached hydrogen (secondary N) is 1. The van der Waals surface area contributed by atoms with Crippen molar-refractivity contribution in [3.8, 4) is 0 Å². The van der Waals surface area contributed by atoms with E-state index in [4.69, 9.17) is 10.5 Å². The molecular weight excluding hydrogens is 180 g/mol. The largest absolute Gasteiger partial charge is 0.341 e. The van der Waals surface area contributed by atoms with Crippen LogP contribution >= 0.6 is 0 Å². The van der Waals surface area contributed by atoms with Crippen LogP contribution < -0.4 is 11.1 Å². The molecule has 2 rings (SSSR count). The Morgan fingerprint density at radius 2 is 2.21 bits per heavy atom. The van der Waals surface area contributed by atoms with E-state index in [2.05, 4.69) is 5.32 Å². The number of aliphatic hydroxyl groups is 1. The Hall–Kier alpha value is -0.940. The van der Waals surface area contributed by atoms with Gasteiger partial charge in [-0.15, -0.1) is 0 Å². The van der Waals surface area contributed by atoms with Gasteiger partial charge in [-0.05, 0) is 12.0 Å². The summed E-state index contributed by atoms with van der Waals surface area (Å²) in [7, 11) is 0. The minimum absolute atomic E-state index is 0.0763. The van der Waals surface area contributed by atoms with E-state index in [9.17, 15) is 5.11 Å². The predicted molar refractivity (Wildman–Crippen MR) is 52.2 cm³/mol. The Kier molecular flexibility index (Phi) is 2.52. The van der Waals surface area contributed by atoms with Gasteiger partial charge in [-0.2, -0.15) is 0 Å². The summed E-state index contributed by atoms with van der Waals surface area (Å²) < 4.78 is 4.95. The summed E-state index contributed by atoms with van der Waals surface area (Å²) in [6.45, 7) is 0.432. The lowest BCUT2D eigenvalue weighted by Crippen LogP contribution is -2.52. The summed E-state index contributed by atoms with van der Waals surface area (Å²) in [5.74, 6) is 0. The van der Waals surface area contributed by atoms with Gasteiger partial charge in [0.15, 0.2) is 0 Å². The minimum atomic E-state index is -1.65. The number of ether oxygens (including phenoxy) is 1. The summed E-state index contributed by atoms with van der Waals surface area (Å²) >= 11 is 0. The lowest BCUT2D eigenvalue weighted by molar-refractivity contribution is -0.180. The Labute approximate surface area is 82.7 Å². The molecule has 2 unspecified atom stereocenters. The normalized spacial score (nSPS) is 32.0. The molecule has 1 fully saturated rings. The minimum Gasteiger partial charge on any atom is -0.341 e. The second-order valence-electron chi connectivity index (χ2n) is 3.54. The maximum atomic E-state index is 9.29. The first kappa shape index (κ1) is 9.61. The molecule has 0 bridgehead atoms. The van der Waals surface area contributed by atoms with Crippen molar-refractivity contribution >= 4 is 0 Å². The molecule has 1 heterocycles. The fourth-order valence-electron chi connectivity index (χ4n) is 1.61. The standard InChI is InChI=1S/C10H14N2O2/c11-10(13)12-9(7-14-10)6-8-4-2-1-3-5-8/h1-5,9,12-13H,6-7,11H2. The number of hydrogen-bond acceptors (Lipinski definition) is 4. The van der Waals surface area contributed by atoms with E-state index >= 15 is 0 Å². The summed E-state index contributed by atoms with van der Waals surface area (Å²) in [6, 6.07) is 8.44. The third kappa shape index (κ3) is 2.30. The third-order valence-electron chi connectivity index (χ3n) is 2.24. The summed E-state index contributed by atoms with van der Waals surface area (Å²) in [6.07, 6.45) is 0.806. The van der Waals surface area contributed by atoms with E-state index in [1.807, 2.05) is 30.3 Å². The van der Waals surface area contributed by atoms with Crippen LogP contribution in [0.2, 0.25) is 0 Å². The molecule has 1 aromatic rings. The Morgan fingerprint density at radius 1 is 1.50 bits per heavy atom. The SMILES string of the molecule is NC1(O)NC(Cc2ccccc2)CO1. The van der Waals surface area contributed by atoms with E-state index in [1.165, 1.54) is 5.56 Å². The molecule has 4 nitrogen and oxygen atoms in total. The molecule has 0 saturated carbocycles. The van der Waals surface area contributed by atoms with Crippen LogP contribution in [0, 0.1) is 0 Å². The highest BCUT2D eigenvalue weighted by Gasteiger charge is 2.33. The number of benzene rings is 1. The summed E-state index contributed by atoms with van der Waals surface area (Å²) in [5.41, 5.74) is 6.54. The number of hydrogen-bond donors (Lipinski definition) is 3. The second kappa shape index (κ2) is 3.67. The Morgan fingerprint density at radius 3 is 2.79 bits per heavy atom. The van der Waals surface area contributed by atoms with Crippen molar-refractivity contribution in [1.29, 1.82) is 0 Å². The average Bonchev–Trinajstić information content (AvgIpc) is 2.47. The van der Waals surface area contributed by atoms with Gasteiger partial charge in [0.1, 0.15) is 0 Å². The second-order valence-corrected chi connectivity index (χ2v) is 3.54. The zero-order chi connectivity index (χ0) is 10.0. The van der Waals surface area contributed by atoms with Crippen LogP contribution in [0.4, 0.5) is 0 Å². The zero-order valence-corrected chi connectivity index (χ0v) is 7.81. The van der Waals surface area contributed by atoms with Gasteiger partial charge >= 0.3 is 0 Å². The maximum Gasteiger partial charge on any atom is 0.287 e. The average molecular weight is 194 g/mol. The van der Waals surface area contributed by atoms with Gasteiger partial charge in [0.2, 0.25) is 0 Å². The first-order chi connectivity index (χ1) is 6.66. The molecule has 0 radical (unpaired) electrons. The molecule has 76 valence electrons. The molecule has 14 heavy (non-hydrogen) atoms. The molecule has 1 aliphatic heterocycles. The van der Waals surface area contributed by atoms with Crippen LogP contribution in [0.25, 0.3) is 0 Å². The molecule has 1 aliphatic rings. The highest BCUT2D eigenvalue weighted by atomic mass is 16.7. The van der Waals surface area contributed by atoms with Gasteiger partial charge in [0, 0.05) is 6.04 Å². The van der Waals surface area contributed by atoms with Crippen molar-refractivity contribution < 1.29 is 9.84 Å². The van der Waals surface area contributed by atoms with Crippen LogP contribution in [0.3, 0.4) is 0 Å². The summed E-state index contributed by atoms with van der Waals surface area (Å²) in [5, 5.41) is 12.1. The molecule has 2 atom stereocenters.